The third-order valence-corrected chi connectivity index (χ3v) is 6.87. The van der Waals surface area contributed by atoms with Gasteiger partial charge in [-0.2, -0.15) is 0 Å². The lowest BCUT2D eigenvalue weighted by Gasteiger charge is -2.35. The molecule has 0 spiro atoms. The van der Waals surface area contributed by atoms with Crippen LogP contribution in [-0.4, -0.2) is 37.1 Å². The van der Waals surface area contributed by atoms with E-state index in [1.807, 2.05) is 6.08 Å². The van der Waals surface area contributed by atoms with Crippen LogP contribution < -0.4 is 0 Å². The summed E-state index contributed by atoms with van der Waals surface area (Å²) < 4.78 is 6.36. The Balaban J connectivity index is 2.51. The minimum absolute atomic E-state index is 0.0589. The maximum absolute atomic E-state index is 12.8. The van der Waals surface area contributed by atoms with E-state index in [1.54, 1.807) is 0 Å². The summed E-state index contributed by atoms with van der Waals surface area (Å²) in [7, 11) is 4.27. The Morgan fingerprint density at radius 3 is 1.87 bits per heavy atom. The molecule has 1 aliphatic carbocycles. The highest BCUT2D eigenvalue weighted by atomic mass is 16.6. The summed E-state index contributed by atoms with van der Waals surface area (Å²) in [4.78, 5) is 15.1. The SMILES string of the molecule is C=CCCCCCCCCC(=O)OC1(CCCN(C)C)CCCCCCCCCCC1. The molecule has 0 atom stereocenters. The highest BCUT2D eigenvalue weighted by molar-refractivity contribution is 5.69. The molecular weight excluding hydrogens is 382 g/mol. The highest BCUT2D eigenvalue weighted by Crippen LogP contribution is 2.33. The summed E-state index contributed by atoms with van der Waals surface area (Å²) in [5.74, 6) is 0.0589. The molecule has 1 fully saturated rings. The van der Waals surface area contributed by atoms with Crippen molar-refractivity contribution < 1.29 is 9.53 Å². The minimum atomic E-state index is -0.211. The molecule has 0 aromatic rings. The van der Waals surface area contributed by atoms with Crippen LogP contribution in [0.1, 0.15) is 135 Å². The van der Waals surface area contributed by atoms with Crippen molar-refractivity contribution in [1.82, 2.24) is 4.90 Å². The lowest BCUT2D eigenvalue weighted by molar-refractivity contribution is -0.163. The predicted octanol–water partition coefficient (Wildman–Crippen LogP) is 8.22. The fraction of sp³-hybridized carbons (Fsp3) is 0.893. The summed E-state index contributed by atoms with van der Waals surface area (Å²) >= 11 is 0. The molecule has 1 saturated carbocycles. The number of allylic oxidation sites excluding steroid dienone is 1. The molecule has 0 N–H and O–H groups in total. The van der Waals surface area contributed by atoms with Gasteiger partial charge in [0.05, 0.1) is 0 Å². The van der Waals surface area contributed by atoms with Crippen LogP contribution in [0.5, 0.6) is 0 Å². The minimum Gasteiger partial charge on any atom is -0.459 e. The molecule has 0 saturated heterocycles. The van der Waals surface area contributed by atoms with Crippen molar-refractivity contribution in [1.29, 1.82) is 0 Å². The number of ether oxygens (including phenoxy) is 1. The summed E-state index contributed by atoms with van der Waals surface area (Å²) in [6, 6.07) is 0. The van der Waals surface area contributed by atoms with E-state index in [1.165, 1.54) is 83.5 Å². The van der Waals surface area contributed by atoms with E-state index in [-0.39, 0.29) is 11.6 Å². The number of esters is 1. The first-order chi connectivity index (χ1) is 15.1. The highest BCUT2D eigenvalue weighted by Gasteiger charge is 2.33. The molecule has 0 bridgehead atoms. The van der Waals surface area contributed by atoms with Crippen molar-refractivity contribution >= 4 is 5.97 Å². The predicted molar refractivity (Wildman–Crippen MR) is 135 cm³/mol. The molecule has 1 aliphatic rings. The first kappa shape index (κ1) is 28.2. The van der Waals surface area contributed by atoms with Gasteiger partial charge in [-0.3, -0.25) is 4.79 Å². The van der Waals surface area contributed by atoms with Crippen LogP contribution in [0.4, 0.5) is 0 Å². The third kappa shape index (κ3) is 15.6. The second kappa shape index (κ2) is 18.7. The van der Waals surface area contributed by atoms with Gasteiger partial charge in [-0.1, -0.05) is 76.7 Å². The van der Waals surface area contributed by atoms with Crippen molar-refractivity contribution in [2.24, 2.45) is 0 Å². The average molecular weight is 436 g/mol. The fourth-order valence-electron chi connectivity index (χ4n) is 4.93. The number of nitrogens with zero attached hydrogens (tertiary/aromatic N) is 1. The molecular formula is C28H53NO2. The Hall–Kier alpha value is -0.830. The second-order valence-electron chi connectivity index (χ2n) is 10.2. The molecule has 0 amide bonds. The molecule has 0 aliphatic heterocycles. The zero-order valence-corrected chi connectivity index (χ0v) is 21.1. The average Bonchev–Trinajstić information content (AvgIpc) is 2.72. The van der Waals surface area contributed by atoms with E-state index < -0.39 is 0 Å². The Bertz CT molecular complexity index is 434. The Labute approximate surface area is 194 Å². The van der Waals surface area contributed by atoms with Gasteiger partial charge in [-0.15, -0.1) is 6.58 Å². The smallest absolute Gasteiger partial charge is 0.306 e. The molecule has 0 aromatic heterocycles. The number of carbonyl (C=O) groups is 1. The van der Waals surface area contributed by atoms with Crippen molar-refractivity contribution in [3.05, 3.63) is 12.7 Å². The summed E-state index contributed by atoms with van der Waals surface area (Å²) in [6.07, 6.45) is 27.0. The van der Waals surface area contributed by atoms with Gasteiger partial charge < -0.3 is 9.64 Å². The van der Waals surface area contributed by atoms with Crippen LogP contribution in [0.25, 0.3) is 0 Å². The molecule has 1 rings (SSSR count). The molecule has 3 nitrogen and oxygen atoms in total. The number of carbonyl (C=O) groups excluding carboxylic acids is 1. The molecule has 182 valence electrons. The number of hydrogen-bond donors (Lipinski definition) is 0. The summed E-state index contributed by atoms with van der Waals surface area (Å²) in [5, 5.41) is 0. The quantitative estimate of drug-likeness (QED) is 0.156. The number of rotatable bonds is 14. The van der Waals surface area contributed by atoms with Gasteiger partial charge in [0.1, 0.15) is 5.60 Å². The van der Waals surface area contributed by atoms with E-state index in [0.717, 1.165) is 51.5 Å². The second-order valence-corrected chi connectivity index (χ2v) is 10.2. The summed E-state index contributed by atoms with van der Waals surface area (Å²) in [5.41, 5.74) is -0.211. The first-order valence-corrected chi connectivity index (χ1v) is 13.6. The van der Waals surface area contributed by atoms with Gasteiger partial charge in [0.25, 0.3) is 0 Å². The fourth-order valence-corrected chi connectivity index (χ4v) is 4.93. The van der Waals surface area contributed by atoms with E-state index >= 15 is 0 Å². The van der Waals surface area contributed by atoms with Crippen molar-refractivity contribution in [3.8, 4) is 0 Å². The third-order valence-electron chi connectivity index (χ3n) is 6.87. The van der Waals surface area contributed by atoms with Crippen LogP contribution in [-0.2, 0) is 9.53 Å². The van der Waals surface area contributed by atoms with Crippen LogP contribution in [0.3, 0.4) is 0 Å². The largest absolute Gasteiger partial charge is 0.459 e. The standard InChI is InChI=1S/C28H53NO2/c1-4-5-6-7-8-12-15-18-22-27(30)31-28(25-21-26-29(2)3)23-19-16-13-10-9-11-14-17-20-24-28/h4H,1,5-26H2,2-3H3. The van der Waals surface area contributed by atoms with E-state index in [9.17, 15) is 4.79 Å². The van der Waals surface area contributed by atoms with Gasteiger partial charge in [0.2, 0.25) is 0 Å². The molecule has 0 radical (unpaired) electrons. The Morgan fingerprint density at radius 2 is 1.32 bits per heavy atom. The molecule has 0 aromatic carbocycles. The van der Waals surface area contributed by atoms with Crippen LogP contribution in [0, 0.1) is 0 Å². The van der Waals surface area contributed by atoms with Crippen molar-refractivity contribution in [3.63, 3.8) is 0 Å². The maximum Gasteiger partial charge on any atom is 0.306 e. The maximum atomic E-state index is 12.8. The van der Waals surface area contributed by atoms with Crippen molar-refractivity contribution in [2.45, 2.75) is 140 Å². The summed E-state index contributed by atoms with van der Waals surface area (Å²) in [6.45, 7) is 4.86. The van der Waals surface area contributed by atoms with Gasteiger partial charge in [0, 0.05) is 6.42 Å². The van der Waals surface area contributed by atoms with Crippen LogP contribution >= 0.6 is 0 Å². The van der Waals surface area contributed by atoms with Crippen LogP contribution in [0.15, 0.2) is 12.7 Å². The van der Waals surface area contributed by atoms with E-state index in [4.69, 9.17) is 4.74 Å². The lowest BCUT2D eigenvalue weighted by atomic mass is 9.84. The molecule has 0 heterocycles. The van der Waals surface area contributed by atoms with Crippen molar-refractivity contribution in [2.75, 3.05) is 20.6 Å². The van der Waals surface area contributed by atoms with Gasteiger partial charge >= 0.3 is 5.97 Å². The normalized spacial score (nSPS) is 18.2. The molecule has 31 heavy (non-hydrogen) atoms. The Morgan fingerprint density at radius 1 is 0.806 bits per heavy atom. The monoisotopic (exact) mass is 435 g/mol. The van der Waals surface area contributed by atoms with Crippen LogP contribution in [0.2, 0.25) is 0 Å². The van der Waals surface area contributed by atoms with Gasteiger partial charge in [-0.25, -0.2) is 0 Å². The molecule has 0 unspecified atom stereocenters. The zero-order valence-electron chi connectivity index (χ0n) is 21.1. The molecule has 3 heteroatoms. The Kier molecular flexibility index (Phi) is 17.0. The number of hydrogen-bond acceptors (Lipinski definition) is 3. The van der Waals surface area contributed by atoms with E-state index in [2.05, 4.69) is 25.6 Å². The van der Waals surface area contributed by atoms with E-state index in [0.29, 0.717) is 6.42 Å². The first-order valence-electron chi connectivity index (χ1n) is 13.6. The lowest BCUT2D eigenvalue weighted by Crippen LogP contribution is -2.36. The van der Waals surface area contributed by atoms with Gasteiger partial charge in [-0.05, 0) is 78.4 Å². The van der Waals surface area contributed by atoms with Gasteiger partial charge in [0.15, 0.2) is 0 Å². The number of unbranched alkanes of at least 4 members (excludes halogenated alkanes) is 6. The zero-order chi connectivity index (χ0) is 22.6. The topological polar surface area (TPSA) is 29.5 Å².